The smallest absolute Gasteiger partial charge is 0.254 e. The Kier molecular flexibility index (Phi) is 5.66. The predicted octanol–water partition coefficient (Wildman–Crippen LogP) is 2.44. The maximum Gasteiger partial charge on any atom is 0.254 e. The topological polar surface area (TPSA) is 76.2 Å². The first-order valence-electron chi connectivity index (χ1n) is 9.81. The van der Waals surface area contributed by atoms with Crippen LogP contribution in [0, 0.1) is 12.7 Å². The van der Waals surface area contributed by atoms with Crippen LogP contribution in [0.2, 0.25) is 0 Å². The van der Waals surface area contributed by atoms with Crippen LogP contribution in [0.3, 0.4) is 0 Å². The van der Waals surface area contributed by atoms with Crippen molar-refractivity contribution in [1.29, 1.82) is 0 Å². The van der Waals surface area contributed by atoms with E-state index in [1.807, 2.05) is 0 Å². The highest BCUT2D eigenvalue weighted by Gasteiger charge is 2.31. The number of carbonyl (C=O) groups is 1. The van der Waals surface area contributed by atoms with Gasteiger partial charge in [0.15, 0.2) is 11.5 Å². The number of rotatable bonds is 3. The number of halogens is 1. The minimum atomic E-state index is -3.73. The lowest BCUT2D eigenvalue weighted by Crippen LogP contribution is -2.50. The van der Waals surface area contributed by atoms with Gasteiger partial charge in [-0.2, -0.15) is 4.31 Å². The Bertz CT molecular complexity index is 1070. The van der Waals surface area contributed by atoms with Crippen molar-refractivity contribution >= 4 is 15.9 Å². The van der Waals surface area contributed by atoms with E-state index in [1.165, 1.54) is 22.5 Å². The van der Waals surface area contributed by atoms with Crippen molar-refractivity contribution in [2.24, 2.45) is 0 Å². The third-order valence-electron chi connectivity index (χ3n) is 5.30. The second-order valence-electron chi connectivity index (χ2n) is 7.32. The summed E-state index contributed by atoms with van der Waals surface area (Å²) in [4.78, 5) is 14.3. The zero-order valence-electron chi connectivity index (χ0n) is 16.6. The standard InChI is InChI=1S/C21H23FN2O5S/c1-15-3-4-16(13-18(15)22)21(25)23-7-9-24(10-8-23)30(26,27)17-5-6-19-20(14-17)29-12-2-11-28-19/h3-6,13-14H,2,7-12H2,1H3. The molecule has 30 heavy (non-hydrogen) atoms. The summed E-state index contributed by atoms with van der Waals surface area (Å²) >= 11 is 0. The summed E-state index contributed by atoms with van der Waals surface area (Å²) in [5.41, 5.74) is 0.731. The number of hydrogen-bond donors (Lipinski definition) is 0. The van der Waals surface area contributed by atoms with Crippen LogP contribution in [0.25, 0.3) is 0 Å². The molecule has 1 amide bonds. The Balaban J connectivity index is 1.46. The van der Waals surface area contributed by atoms with Crippen molar-refractivity contribution in [2.75, 3.05) is 39.4 Å². The molecule has 0 aromatic heterocycles. The molecule has 7 nitrogen and oxygen atoms in total. The number of benzene rings is 2. The molecule has 0 aliphatic carbocycles. The Morgan fingerprint density at radius 1 is 0.967 bits per heavy atom. The number of sulfonamides is 1. The van der Waals surface area contributed by atoms with E-state index in [0.29, 0.717) is 30.3 Å². The van der Waals surface area contributed by atoms with Gasteiger partial charge in [0.25, 0.3) is 5.91 Å². The van der Waals surface area contributed by atoms with Crippen molar-refractivity contribution in [1.82, 2.24) is 9.21 Å². The summed E-state index contributed by atoms with van der Waals surface area (Å²) in [7, 11) is -3.73. The summed E-state index contributed by atoms with van der Waals surface area (Å²) in [5.74, 6) is 0.217. The molecular formula is C21H23FN2O5S. The van der Waals surface area contributed by atoms with E-state index in [1.54, 1.807) is 30.0 Å². The fourth-order valence-electron chi connectivity index (χ4n) is 3.49. The lowest BCUT2D eigenvalue weighted by molar-refractivity contribution is 0.0697. The van der Waals surface area contributed by atoms with E-state index in [9.17, 15) is 17.6 Å². The fourth-order valence-corrected chi connectivity index (χ4v) is 4.93. The second kappa shape index (κ2) is 8.23. The van der Waals surface area contributed by atoms with Gasteiger partial charge in [-0.3, -0.25) is 4.79 Å². The highest BCUT2D eigenvalue weighted by molar-refractivity contribution is 7.89. The molecule has 0 saturated carbocycles. The van der Waals surface area contributed by atoms with Crippen molar-refractivity contribution in [2.45, 2.75) is 18.2 Å². The summed E-state index contributed by atoms with van der Waals surface area (Å²) in [6, 6.07) is 8.98. The fraction of sp³-hybridized carbons (Fsp3) is 0.381. The van der Waals surface area contributed by atoms with Gasteiger partial charge in [0.05, 0.1) is 18.1 Å². The molecule has 2 aromatic rings. The number of carbonyl (C=O) groups excluding carboxylic acids is 1. The molecule has 4 rings (SSSR count). The van der Waals surface area contributed by atoms with Gasteiger partial charge in [0.1, 0.15) is 5.82 Å². The summed E-state index contributed by atoms with van der Waals surface area (Å²) in [6.07, 6.45) is 0.734. The normalized spacial score (nSPS) is 17.5. The molecule has 0 radical (unpaired) electrons. The van der Waals surface area contributed by atoms with Crippen molar-refractivity contribution < 1.29 is 27.1 Å². The molecule has 2 aliphatic heterocycles. The van der Waals surface area contributed by atoms with Gasteiger partial charge in [-0.05, 0) is 36.8 Å². The van der Waals surface area contributed by atoms with Crippen LogP contribution in [0.4, 0.5) is 4.39 Å². The van der Waals surface area contributed by atoms with E-state index in [2.05, 4.69) is 0 Å². The first-order valence-corrected chi connectivity index (χ1v) is 11.3. The molecule has 0 bridgehead atoms. The molecule has 1 saturated heterocycles. The molecule has 2 aliphatic rings. The number of nitrogens with zero attached hydrogens (tertiary/aromatic N) is 2. The minimum absolute atomic E-state index is 0.132. The quantitative estimate of drug-likeness (QED) is 0.742. The van der Waals surface area contributed by atoms with Gasteiger partial charge in [0.2, 0.25) is 10.0 Å². The summed E-state index contributed by atoms with van der Waals surface area (Å²) in [6.45, 7) is 3.42. The number of aryl methyl sites for hydroxylation is 1. The molecule has 0 spiro atoms. The molecule has 0 N–H and O–H groups in total. The van der Waals surface area contributed by atoms with Crippen molar-refractivity contribution in [3.8, 4) is 11.5 Å². The SMILES string of the molecule is Cc1ccc(C(=O)N2CCN(S(=O)(=O)c3ccc4c(c3)OCCCO4)CC2)cc1F. The van der Waals surface area contributed by atoms with Gasteiger partial charge >= 0.3 is 0 Å². The van der Waals surface area contributed by atoms with E-state index >= 15 is 0 Å². The maximum absolute atomic E-state index is 13.8. The van der Waals surface area contributed by atoms with Gasteiger partial charge in [0, 0.05) is 44.2 Å². The van der Waals surface area contributed by atoms with E-state index in [0.717, 1.165) is 6.42 Å². The third kappa shape index (κ3) is 3.99. The molecule has 1 fully saturated rings. The maximum atomic E-state index is 13.8. The Labute approximate surface area is 175 Å². The third-order valence-corrected chi connectivity index (χ3v) is 7.20. The van der Waals surface area contributed by atoms with Gasteiger partial charge in [-0.15, -0.1) is 0 Å². The van der Waals surface area contributed by atoms with Gasteiger partial charge in [-0.25, -0.2) is 12.8 Å². The Morgan fingerprint density at radius 2 is 1.67 bits per heavy atom. The average molecular weight is 434 g/mol. The monoisotopic (exact) mass is 434 g/mol. The van der Waals surface area contributed by atoms with E-state index in [-0.39, 0.29) is 42.5 Å². The first-order chi connectivity index (χ1) is 14.4. The molecule has 160 valence electrons. The average Bonchev–Trinajstić information content (AvgIpc) is 3.00. The van der Waals surface area contributed by atoms with Crippen LogP contribution < -0.4 is 9.47 Å². The van der Waals surface area contributed by atoms with Gasteiger partial charge in [-0.1, -0.05) is 6.07 Å². The van der Waals surface area contributed by atoms with E-state index < -0.39 is 15.8 Å². The number of fused-ring (bicyclic) bond motifs is 1. The molecule has 9 heteroatoms. The zero-order chi connectivity index (χ0) is 21.3. The lowest BCUT2D eigenvalue weighted by atomic mass is 10.1. The number of hydrogen-bond acceptors (Lipinski definition) is 5. The lowest BCUT2D eigenvalue weighted by Gasteiger charge is -2.34. The number of amides is 1. The summed E-state index contributed by atoms with van der Waals surface area (Å²) in [5, 5.41) is 0. The first kappa shape index (κ1) is 20.6. The molecule has 0 unspecified atom stereocenters. The number of piperazine rings is 1. The van der Waals surface area contributed by atoms with Crippen LogP contribution in [0.5, 0.6) is 11.5 Å². The Morgan fingerprint density at radius 3 is 2.37 bits per heavy atom. The van der Waals surface area contributed by atoms with Crippen LogP contribution >= 0.6 is 0 Å². The second-order valence-corrected chi connectivity index (χ2v) is 9.26. The van der Waals surface area contributed by atoms with Crippen molar-refractivity contribution in [3.05, 3.63) is 53.3 Å². The molecule has 2 aromatic carbocycles. The van der Waals surface area contributed by atoms with Crippen LogP contribution in [-0.4, -0.2) is 62.9 Å². The number of ether oxygens (including phenoxy) is 2. The van der Waals surface area contributed by atoms with Crippen LogP contribution in [-0.2, 0) is 10.0 Å². The minimum Gasteiger partial charge on any atom is -0.490 e. The highest BCUT2D eigenvalue weighted by atomic mass is 32.2. The van der Waals surface area contributed by atoms with Crippen LogP contribution in [0.1, 0.15) is 22.3 Å². The predicted molar refractivity (Wildman–Crippen MR) is 108 cm³/mol. The van der Waals surface area contributed by atoms with Crippen molar-refractivity contribution in [3.63, 3.8) is 0 Å². The zero-order valence-corrected chi connectivity index (χ0v) is 17.5. The Hall–Kier alpha value is -2.65. The molecule has 2 heterocycles. The van der Waals surface area contributed by atoms with Crippen LogP contribution in [0.15, 0.2) is 41.3 Å². The molecular weight excluding hydrogens is 411 g/mol. The summed E-state index contributed by atoms with van der Waals surface area (Å²) < 4.78 is 52.4. The molecule has 0 atom stereocenters. The highest BCUT2D eigenvalue weighted by Crippen LogP contribution is 2.33. The van der Waals surface area contributed by atoms with E-state index in [4.69, 9.17) is 9.47 Å². The largest absolute Gasteiger partial charge is 0.490 e. The van der Waals surface area contributed by atoms with Gasteiger partial charge < -0.3 is 14.4 Å².